The van der Waals surface area contributed by atoms with Crippen LogP contribution in [0.2, 0.25) is 0 Å². The summed E-state index contributed by atoms with van der Waals surface area (Å²) < 4.78 is 14.2. The number of nitrogens with one attached hydrogen (secondary N) is 1. The van der Waals surface area contributed by atoms with Crippen molar-refractivity contribution in [3.8, 4) is 0 Å². The second-order valence-corrected chi connectivity index (χ2v) is 8.13. The number of halogens is 2. The van der Waals surface area contributed by atoms with Crippen molar-refractivity contribution in [3.63, 3.8) is 0 Å². The molecule has 2 amide bonds. The molecule has 0 aromatic heterocycles. The molecule has 1 saturated heterocycles. The van der Waals surface area contributed by atoms with Crippen LogP contribution in [0.5, 0.6) is 0 Å². The van der Waals surface area contributed by atoms with Gasteiger partial charge in [0.05, 0.1) is 5.41 Å². The number of carbonyl (C=O) groups excluding carboxylic acids is 2. The molecule has 1 atom stereocenters. The first-order valence-corrected chi connectivity index (χ1v) is 9.74. The maximum Gasteiger partial charge on any atom is 0.253 e. The Morgan fingerprint density at radius 2 is 1.96 bits per heavy atom. The van der Waals surface area contributed by atoms with E-state index in [4.69, 9.17) is 0 Å². The Kier molecular flexibility index (Phi) is 5.95. The van der Waals surface area contributed by atoms with E-state index >= 15 is 0 Å². The average Bonchev–Trinajstić information content (AvgIpc) is 2.66. The summed E-state index contributed by atoms with van der Waals surface area (Å²) in [6, 6.07) is 13.4. The maximum atomic E-state index is 13.3. The molecule has 6 heteroatoms. The molecule has 1 aliphatic rings. The number of rotatable bonds is 4. The summed E-state index contributed by atoms with van der Waals surface area (Å²) >= 11 is 3.37. The molecule has 2 aromatic carbocycles. The van der Waals surface area contributed by atoms with E-state index < -0.39 is 5.41 Å². The maximum absolute atomic E-state index is 13.3. The molecule has 3 rings (SSSR count). The SMILES string of the molecule is C[C@]1(C(=O)NCc2cccc(F)c2)CCCN(C(=O)c2ccc(Br)cc2)C1. The summed E-state index contributed by atoms with van der Waals surface area (Å²) in [6.45, 7) is 3.17. The molecule has 27 heavy (non-hydrogen) atoms. The van der Waals surface area contributed by atoms with Gasteiger partial charge in [0.1, 0.15) is 5.82 Å². The van der Waals surface area contributed by atoms with Crippen molar-refractivity contribution >= 4 is 27.7 Å². The van der Waals surface area contributed by atoms with E-state index in [9.17, 15) is 14.0 Å². The normalized spacial score (nSPS) is 19.6. The van der Waals surface area contributed by atoms with Crippen LogP contribution in [0.15, 0.2) is 53.0 Å². The summed E-state index contributed by atoms with van der Waals surface area (Å²) in [4.78, 5) is 27.3. The molecule has 1 N–H and O–H groups in total. The molecule has 0 radical (unpaired) electrons. The summed E-state index contributed by atoms with van der Waals surface area (Å²) in [5.41, 5.74) is 0.671. The van der Waals surface area contributed by atoms with Crippen molar-refractivity contribution in [2.45, 2.75) is 26.3 Å². The fraction of sp³-hybridized carbons (Fsp3) is 0.333. The van der Waals surface area contributed by atoms with Crippen LogP contribution in [-0.4, -0.2) is 29.8 Å². The minimum absolute atomic E-state index is 0.0636. The smallest absolute Gasteiger partial charge is 0.253 e. The number of likely N-dealkylation sites (tertiary alicyclic amines) is 1. The zero-order chi connectivity index (χ0) is 19.4. The Morgan fingerprint density at radius 3 is 2.67 bits per heavy atom. The van der Waals surface area contributed by atoms with E-state index in [1.807, 2.05) is 19.1 Å². The fourth-order valence-electron chi connectivity index (χ4n) is 3.42. The van der Waals surface area contributed by atoms with Crippen LogP contribution in [0.4, 0.5) is 4.39 Å². The van der Waals surface area contributed by atoms with E-state index in [1.54, 1.807) is 29.2 Å². The lowest BCUT2D eigenvalue weighted by molar-refractivity contribution is -0.132. The minimum atomic E-state index is -0.656. The Bertz CT molecular complexity index is 840. The van der Waals surface area contributed by atoms with Crippen LogP contribution in [0.3, 0.4) is 0 Å². The highest BCUT2D eigenvalue weighted by atomic mass is 79.9. The van der Waals surface area contributed by atoms with Gasteiger partial charge in [-0.25, -0.2) is 4.39 Å². The minimum Gasteiger partial charge on any atom is -0.351 e. The van der Waals surface area contributed by atoms with Gasteiger partial charge in [-0.1, -0.05) is 28.1 Å². The molecule has 1 heterocycles. The first-order valence-electron chi connectivity index (χ1n) is 8.95. The molecular weight excluding hydrogens is 411 g/mol. The van der Waals surface area contributed by atoms with Gasteiger partial charge in [-0.05, 0) is 61.7 Å². The lowest BCUT2D eigenvalue weighted by Gasteiger charge is -2.39. The number of nitrogens with zero attached hydrogens (tertiary/aromatic N) is 1. The number of piperidine rings is 1. The number of carbonyl (C=O) groups is 2. The summed E-state index contributed by atoms with van der Waals surface area (Å²) in [5.74, 6) is -0.497. The first kappa shape index (κ1) is 19.5. The van der Waals surface area contributed by atoms with Crippen molar-refractivity contribution < 1.29 is 14.0 Å². The molecule has 2 aromatic rings. The highest BCUT2D eigenvalue weighted by molar-refractivity contribution is 9.10. The van der Waals surface area contributed by atoms with Gasteiger partial charge in [-0.15, -0.1) is 0 Å². The van der Waals surface area contributed by atoms with Crippen LogP contribution in [0.1, 0.15) is 35.7 Å². The van der Waals surface area contributed by atoms with Gasteiger partial charge >= 0.3 is 0 Å². The number of benzene rings is 2. The summed E-state index contributed by atoms with van der Waals surface area (Å²) in [7, 11) is 0. The molecule has 1 fully saturated rings. The van der Waals surface area contributed by atoms with Crippen molar-refractivity contribution in [2.24, 2.45) is 5.41 Å². The summed E-state index contributed by atoms with van der Waals surface area (Å²) in [6.07, 6.45) is 1.48. The molecule has 142 valence electrons. The molecule has 0 spiro atoms. The third kappa shape index (κ3) is 4.75. The van der Waals surface area contributed by atoms with Crippen LogP contribution in [0.25, 0.3) is 0 Å². The van der Waals surface area contributed by atoms with Gasteiger partial charge in [0, 0.05) is 29.7 Å². The van der Waals surface area contributed by atoms with E-state index in [2.05, 4.69) is 21.2 Å². The zero-order valence-electron chi connectivity index (χ0n) is 15.2. The highest BCUT2D eigenvalue weighted by Crippen LogP contribution is 2.31. The average molecular weight is 433 g/mol. The quantitative estimate of drug-likeness (QED) is 0.788. The lowest BCUT2D eigenvalue weighted by atomic mass is 9.80. The van der Waals surface area contributed by atoms with Gasteiger partial charge in [-0.3, -0.25) is 9.59 Å². The van der Waals surface area contributed by atoms with E-state index in [0.717, 1.165) is 10.9 Å². The predicted octanol–water partition coefficient (Wildman–Crippen LogP) is 4.15. The second-order valence-electron chi connectivity index (χ2n) is 7.21. The third-order valence-corrected chi connectivity index (χ3v) is 5.49. The monoisotopic (exact) mass is 432 g/mol. The van der Waals surface area contributed by atoms with Crippen LogP contribution in [0, 0.1) is 11.2 Å². The molecule has 0 saturated carbocycles. The molecule has 0 unspecified atom stereocenters. The van der Waals surface area contributed by atoms with Gasteiger partial charge in [0.2, 0.25) is 5.91 Å². The number of hydrogen-bond acceptors (Lipinski definition) is 2. The van der Waals surface area contributed by atoms with E-state index in [1.165, 1.54) is 12.1 Å². The fourth-order valence-corrected chi connectivity index (χ4v) is 3.68. The number of hydrogen-bond donors (Lipinski definition) is 1. The van der Waals surface area contributed by atoms with Gasteiger partial charge in [0.25, 0.3) is 5.91 Å². The van der Waals surface area contributed by atoms with Gasteiger partial charge in [-0.2, -0.15) is 0 Å². The number of amides is 2. The highest BCUT2D eigenvalue weighted by Gasteiger charge is 2.39. The lowest BCUT2D eigenvalue weighted by Crippen LogP contribution is -2.51. The van der Waals surface area contributed by atoms with Crippen molar-refractivity contribution in [1.29, 1.82) is 0 Å². The Labute approximate surface area is 166 Å². The second kappa shape index (κ2) is 8.21. The molecule has 4 nitrogen and oxygen atoms in total. The largest absolute Gasteiger partial charge is 0.351 e. The third-order valence-electron chi connectivity index (χ3n) is 4.97. The summed E-state index contributed by atoms with van der Waals surface area (Å²) in [5, 5.41) is 2.89. The van der Waals surface area contributed by atoms with E-state index in [-0.39, 0.29) is 24.2 Å². The van der Waals surface area contributed by atoms with Crippen molar-refractivity contribution in [1.82, 2.24) is 10.2 Å². The topological polar surface area (TPSA) is 49.4 Å². The van der Waals surface area contributed by atoms with Crippen LogP contribution in [-0.2, 0) is 11.3 Å². The van der Waals surface area contributed by atoms with Gasteiger partial charge < -0.3 is 10.2 Å². The van der Waals surface area contributed by atoms with Crippen molar-refractivity contribution in [2.75, 3.05) is 13.1 Å². The van der Waals surface area contributed by atoms with Crippen molar-refractivity contribution in [3.05, 3.63) is 69.9 Å². The first-order chi connectivity index (χ1) is 12.9. The molecule has 1 aliphatic heterocycles. The Balaban J connectivity index is 1.65. The zero-order valence-corrected chi connectivity index (χ0v) is 16.8. The van der Waals surface area contributed by atoms with Crippen LogP contribution < -0.4 is 5.32 Å². The molecule has 0 bridgehead atoms. The molecule has 0 aliphatic carbocycles. The van der Waals surface area contributed by atoms with E-state index in [0.29, 0.717) is 30.6 Å². The standard InChI is InChI=1S/C21H22BrFN2O2/c1-21(20(27)24-13-15-4-2-5-18(23)12-15)10-3-11-25(14-21)19(26)16-6-8-17(22)9-7-16/h2,4-9,12H,3,10-11,13-14H2,1H3,(H,24,27)/t21-/m0/s1. The Morgan fingerprint density at radius 1 is 1.22 bits per heavy atom. The predicted molar refractivity (Wildman–Crippen MR) is 106 cm³/mol. The Hall–Kier alpha value is -2.21. The molecular formula is C21H22BrFN2O2. The van der Waals surface area contributed by atoms with Crippen LogP contribution >= 0.6 is 15.9 Å². The van der Waals surface area contributed by atoms with Gasteiger partial charge in [0.15, 0.2) is 0 Å².